The van der Waals surface area contributed by atoms with Gasteiger partial charge in [-0.2, -0.15) is 0 Å². The Morgan fingerprint density at radius 2 is 2.00 bits per heavy atom. The number of nitrogens with one attached hydrogen (secondary N) is 1. The van der Waals surface area contributed by atoms with Crippen molar-refractivity contribution in [2.24, 2.45) is 0 Å². The topological polar surface area (TPSA) is 71.7 Å². The third-order valence-corrected chi connectivity index (χ3v) is 4.01. The number of furan rings is 1. The molecular weight excluding hydrogens is 325 g/mol. The average Bonchev–Trinajstić information content (AvgIpc) is 2.94. The lowest BCUT2D eigenvalue weighted by Gasteiger charge is -2.12. The first-order valence-corrected chi connectivity index (χ1v) is 7.78. The van der Waals surface area contributed by atoms with E-state index in [4.69, 9.17) is 9.15 Å². The molecule has 1 atom stereocenters. The van der Waals surface area contributed by atoms with E-state index in [1.807, 2.05) is 0 Å². The molecule has 3 rings (SSSR count). The number of methoxy groups -OCH3 is 1. The fraction of sp³-hybridized carbons (Fsp3) is 0.211. The van der Waals surface area contributed by atoms with E-state index in [0.717, 1.165) is 0 Å². The smallest absolute Gasteiger partial charge is 0.255 e. The first kappa shape index (κ1) is 17.0. The maximum Gasteiger partial charge on any atom is 0.255 e. The molecular formula is C19H18FNO4. The van der Waals surface area contributed by atoms with Gasteiger partial charge in [-0.15, -0.1) is 0 Å². The van der Waals surface area contributed by atoms with Crippen LogP contribution in [0.4, 0.5) is 4.39 Å². The number of halogens is 1. The average molecular weight is 343 g/mol. The largest absolute Gasteiger partial charge is 0.497 e. The number of carbonyl (C=O) groups excluding carboxylic acids is 1. The number of aliphatic hydroxyl groups excluding tert-OH is 1. The summed E-state index contributed by atoms with van der Waals surface area (Å²) in [4.78, 5) is 12.5. The number of amides is 1. The summed E-state index contributed by atoms with van der Waals surface area (Å²) in [7, 11) is 1.55. The summed E-state index contributed by atoms with van der Waals surface area (Å²) >= 11 is 0. The first-order chi connectivity index (χ1) is 12.0. The highest BCUT2D eigenvalue weighted by molar-refractivity contribution is 6.07. The molecule has 3 aromatic rings. The van der Waals surface area contributed by atoms with Crippen molar-refractivity contribution in [3.63, 3.8) is 0 Å². The van der Waals surface area contributed by atoms with Crippen LogP contribution >= 0.6 is 0 Å². The third-order valence-electron chi connectivity index (χ3n) is 4.01. The molecule has 0 radical (unpaired) electrons. The lowest BCUT2D eigenvalue weighted by molar-refractivity contribution is 0.0916. The van der Waals surface area contributed by atoms with Gasteiger partial charge in [-0.25, -0.2) is 4.39 Å². The van der Waals surface area contributed by atoms with Crippen LogP contribution in [-0.4, -0.2) is 24.7 Å². The van der Waals surface area contributed by atoms with Gasteiger partial charge in [0.15, 0.2) is 0 Å². The van der Waals surface area contributed by atoms with Crippen LogP contribution < -0.4 is 10.1 Å². The summed E-state index contributed by atoms with van der Waals surface area (Å²) in [5.41, 5.74) is 1.51. The van der Waals surface area contributed by atoms with Crippen molar-refractivity contribution in [1.29, 1.82) is 0 Å². The molecule has 0 spiro atoms. The monoisotopic (exact) mass is 343 g/mol. The number of aryl methyl sites for hydroxylation is 1. The molecule has 0 aliphatic rings. The maximum atomic E-state index is 12.9. The summed E-state index contributed by atoms with van der Waals surface area (Å²) in [5, 5.41) is 13.5. The molecule has 130 valence electrons. The molecule has 25 heavy (non-hydrogen) atoms. The van der Waals surface area contributed by atoms with Crippen molar-refractivity contribution >= 4 is 16.9 Å². The molecule has 0 aliphatic heterocycles. The number of ether oxygens (including phenoxy) is 1. The summed E-state index contributed by atoms with van der Waals surface area (Å²) < 4.78 is 23.7. The third kappa shape index (κ3) is 3.49. The van der Waals surface area contributed by atoms with Gasteiger partial charge in [0.05, 0.1) is 18.8 Å². The Balaban J connectivity index is 1.78. The first-order valence-electron chi connectivity index (χ1n) is 7.78. The molecule has 0 aliphatic carbocycles. The van der Waals surface area contributed by atoms with E-state index < -0.39 is 6.10 Å². The summed E-state index contributed by atoms with van der Waals surface area (Å²) in [5.74, 6) is 0.366. The van der Waals surface area contributed by atoms with Gasteiger partial charge in [0.25, 0.3) is 5.91 Å². The van der Waals surface area contributed by atoms with E-state index in [2.05, 4.69) is 5.32 Å². The van der Waals surface area contributed by atoms with Gasteiger partial charge in [0.1, 0.15) is 22.9 Å². The molecule has 6 heteroatoms. The lowest BCUT2D eigenvalue weighted by Crippen LogP contribution is -2.28. The Kier molecular flexibility index (Phi) is 4.72. The van der Waals surface area contributed by atoms with E-state index in [1.165, 1.54) is 24.3 Å². The quantitative estimate of drug-likeness (QED) is 0.745. The molecule has 5 nitrogen and oxygen atoms in total. The van der Waals surface area contributed by atoms with E-state index in [-0.39, 0.29) is 18.3 Å². The Labute approximate surface area is 144 Å². The minimum Gasteiger partial charge on any atom is -0.497 e. The van der Waals surface area contributed by atoms with Crippen molar-refractivity contribution in [3.8, 4) is 5.75 Å². The standard InChI is InChI=1S/C19H18FNO4/c1-11-18(15-9-14(24-2)7-8-17(15)25-11)19(23)21-10-16(22)12-3-5-13(20)6-4-12/h3-9,16,22H,10H2,1-2H3,(H,21,23). The second-order valence-corrected chi connectivity index (χ2v) is 5.67. The van der Waals surface area contributed by atoms with Crippen molar-refractivity contribution < 1.29 is 23.4 Å². The van der Waals surface area contributed by atoms with E-state index in [9.17, 15) is 14.3 Å². The molecule has 2 aromatic carbocycles. The zero-order valence-electron chi connectivity index (χ0n) is 13.9. The second kappa shape index (κ2) is 6.94. The predicted molar refractivity (Wildman–Crippen MR) is 91.2 cm³/mol. The Morgan fingerprint density at radius 1 is 1.28 bits per heavy atom. The SMILES string of the molecule is COc1ccc2oc(C)c(C(=O)NCC(O)c3ccc(F)cc3)c2c1. The Hall–Kier alpha value is -2.86. The summed E-state index contributed by atoms with van der Waals surface area (Å²) in [6.07, 6.45) is -0.933. The van der Waals surface area contributed by atoms with Gasteiger partial charge < -0.3 is 19.6 Å². The van der Waals surface area contributed by atoms with Crippen LogP contribution in [0.3, 0.4) is 0 Å². The fourth-order valence-corrected chi connectivity index (χ4v) is 2.69. The van der Waals surface area contributed by atoms with E-state index in [0.29, 0.717) is 33.6 Å². The number of benzene rings is 2. The molecule has 1 aromatic heterocycles. The number of hydrogen-bond donors (Lipinski definition) is 2. The van der Waals surface area contributed by atoms with Gasteiger partial charge in [-0.05, 0) is 42.8 Å². The van der Waals surface area contributed by atoms with Crippen LogP contribution in [0.2, 0.25) is 0 Å². The van der Waals surface area contributed by atoms with Crippen LogP contribution in [-0.2, 0) is 0 Å². The molecule has 1 unspecified atom stereocenters. The van der Waals surface area contributed by atoms with Crippen LogP contribution in [0.15, 0.2) is 46.9 Å². The maximum absolute atomic E-state index is 12.9. The van der Waals surface area contributed by atoms with Gasteiger partial charge in [0, 0.05) is 11.9 Å². The second-order valence-electron chi connectivity index (χ2n) is 5.67. The highest BCUT2D eigenvalue weighted by atomic mass is 19.1. The van der Waals surface area contributed by atoms with Crippen molar-refractivity contribution in [1.82, 2.24) is 5.32 Å². The van der Waals surface area contributed by atoms with Gasteiger partial charge in [-0.1, -0.05) is 12.1 Å². The van der Waals surface area contributed by atoms with Crippen LogP contribution in [0, 0.1) is 12.7 Å². The van der Waals surface area contributed by atoms with E-state index >= 15 is 0 Å². The Morgan fingerprint density at radius 3 is 2.68 bits per heavy atom. The van der Waals surface area contributed by atoms with E-state index in [1.54, 1.807) is 32.2 Å². The normalized spacial score (nSPS) is 12.2. The predicted octanol–water partition coefficient (Wildman–Crippen LogP) is 3.35. The molecule has 0 saturated heterocycles. The van der Waals surface area contributed by atoms with Crippen LogP contribution in [0.25, 0.3) is 11.0 Å². The summed E-state index contributed by atoms with van der Waals surface area (Å²) in [6.45, 7) is 1.71. The zero-order chi connectivity index (χ0) is 18.0. The minimum absolute atomic E-state index is 0.000543. The van der Waals surface area contributed by atoms with Crippen molar-refractivity contribution in [3.05, 3.63) is 65.2 Å². The number of fused-ring (bicyclic) bond motifs is 1. The number of hydrogen-bond acceptors (Lipinski definition) is 4. The van der Waals surface area contributed by atoms with Gasteiger partial charge in [-0.3, -0.25) is 4.79 Å². The molecule has 2 N–H and O–H groups in total. The lowest BCUT2D eigenvalue weighted by atomic mass is 10.1. The van der Waals surface area contributed by atoms with Crippen molar-refractivity contribution in [2.75, 3.05) is 13.7 Å². The highest BCUT2D eigenvalue weighted by Crippen LogP contribution is 2.29. The Bertz CT molecular complexity index is 902. The fourth-order valence-electron chi connectivity index (χ4n) is 2.69. The van der Waals surface area contributed by atoms with Crippen LogP contribution in [0.5, 0.6) is 5.75 Å². The van der Waals surface area contributed by atoms with Crippen LogP contribution in [0.1, 0.15) is 27.8 Å². The number of rotatable bonds is 5. The number of aliphatic hydroxyl groups is 1. The van der Waals surface area contributed by atoms with Gasteiger partial charge >= 0.3 is 0 Å². The highest BCUT2D eigenvalue weighted by Gasteiger charge is 2.19. The molecule has 0 saturated carbocycles. The molecule has 1 heterocycles. The number of carbonyl (C=O) groups is 1. The van der Waals surface area contributed by atoms with Crippen molar-refractivity contribution in [2.45, 2.75) is 13.0 Å². The minimum atomic E-state index is -0.933. The zero-order valence-corrected chi connectivity index (χ0v) is 13.9. The molecule has 0 bridgehead atoms. The molecule has 0 fully saturated rings. The molecule has 1 amide bonds. The van der Waals surface area contributed by atoms with Gasteiger partial charge in [0.2, 0.25) is 0 Å². The summed E-state index contributed by atoms with van der Waals surface area (Å²) in [6, 6.07) is 10.7.